The number of ether oxygens (including phenoxy) is 2. The van der Waals surface area contributed by atoms with Crippen molar-refractivity contribution in [2.75, 3.05) is 7.11 Å². The number of hydrogen-bond donors (Lipinski definition) is 0. The molecule has 5 nitrogen and oxygen atoms in total. The summed E-state index contributed by atoms with van der Waals surface area (Å²) in [6.45, 7) is 0. The van der Waals surface area contributed by atoms with E-state index < -0.39 is 0 Å². The van der Waals surface area contributed by atoms with E-state index in [2.05, 4.69) is 9.97 Å². The topological polar surface area (TPSA) is 68.0 Å². The Bertz CT molecular complexity index is 656. The molecule has 0 amide bonds. The molecule has 0 unspecified atom stereocenters. The third-order valence-corrected chi connectivity index (χ3v) is 2.81. The molecule has 0 bridgehead atoms. The maximum atomic E-state index is 8.75. The minimum atomic E-state index is 0.125. The average molecular weight is 296 g/mol. The lowest BCUT2D eigenvalue weighted by Crippen LogP contribution is -1.95. The van der Waals surface area contributed by atoms with Gasteiger partial charge in [0.1, 0.15) is 12.1 Å². The van der Waals surface area contributed by atoms with Crippen LogP contribution >= 0.6 is 23.2 Å². The van der Waals surface area contributed by atoms with Crippen molar-refractivity contribution in [2.45, 2.75) is 0 Å². The van der Waals surface area contributed by atoms with E-state index >= 15 is 0 Å². The van der Waals surface area contributed by atoms with Gasteiger partial charge >= 0.3 is 0 Å². The lowest BCUT2D eigenvalue weighted by molar-refractivity contribution is 0.388. The van der Waals surface area contributed by atoms with Gasteiger partial charge in [-0.15, -0.1) is 0 Å². The van der Waals surface area contributed by atoms with Gasteiger partial charge < -0.3 is 9.47 Å². The van der Waals surface area contributed by atoms with Crippen LogP contribution in [0.5, 0.6) is 17.5 Å². The van der Waals surface area contributed by atoms with Crippen molar-refractivity contribution in [3.8, 4) is 23.6 Å². The molecule has 1 aromatic heterocycles. The molecule has 0 N–H and O–H groups in total. The zero-order chi connectivity index (χ0) is 13.8. The van der Waals surface area contributed by atoms with Gasteiger partial charge in [-0.1, -0.05) is 23.2 Å². The highest BCUT2D eigenvalue weighted by Gasteiger charge is 2.13. The van der Waals surface area contributed by atoms with Crippen LogP contribution in [0.3, 0.4) is 0 Å². The Kier molecular flexibility index (Phi) is 4.05. The Morgan fingerprint density at radius 1 is 1.21 bits per heavy atom. The van der Waals surface area contributed by atoms with Crippen molar-refractivity contribution in [3.63, 3.8) is 0 Å². The van der Waals surface area contributed by atoms with Crippen LogP contribution in [0.25, 0.3) is 0 Å². The van der Waals surface area contributed by atoms with Crippen LogP contribution in [0.15, 0.2) is 24.5 Å². The molecule has 0 fully saturated rings. The Morgan fingerprint density at radius 3 is 2.58 bits per heavy atom. The summed E-state index contributed by atoms with van der Waals surface area (Å²) in [6.07, 6.45) is 1.26. The molecule has 19 heavy (non-hydrogen) atoms. The van der Waals surface area contributed by atoms with E-state index in [1.54, 1.807) is 12.1 Å². The summed E-state index contributed by atoms with van der Waals surface area (Å²) in [4.78, 5) is 7.72. The molecule has 0 radical (unpaired) electrons. The number of rotatable bonds is 3. The Morgan fingerprint density at radius 2 is 1.95 bits per heavy atom. The molecule has 7 heteroatoms. The van der Waals surface area contributed by atoms with Gasteiger partial charge in [-0.3, -0.25) is 0 Å². The average Bonchev–Trinajstić information content (AvgIpc) is 2.43. The van der Waals surface area contributed by atoms with Gasteiger partial charge in [-0.2, -0.15) is 10.2 Å². The molecule has 0 atom stereocenters. The lowest BCUT2D eigenvalue weighted by atomic mass is 10.2. The van der Waals surface area contributed by atoms with E-state index in [1.807, 2.05) is 6.07 Å². The largest absolute Gasteiger partial charge is 0.480 e. The molecule has 0 saturated heterocycles. The summed E-state index contributed by atoms with van der Waals surface area (Å²) in [7, 11) is 1.44. The molecule has 2 aromatic rings. The zero-order valence-corrected chi connectivity index (χ0v) is 11.2. The lowest BCUT2D eigenvalue weighted by Gasteiger charge is -2.09. The first kappa shape index (κ1) is 13.4. The fourth-order valence-corrected chi connectivity index (χ4v) is 1.74. The van der Waals surface area contributed by atoms with Gasteiger partial charge in [-0.05, 0) is 18.2 Å². The first-order valence-corrected chi connectivity index (χ1v) is 5.83. The molecule has 2 rings (SSSR count). The van der Waals surface area contributed by atoms with Crippen molar-refractivity contribution in [1.29, 1.82) is 5.26 Å². The van der Waals surface area contributed by atoms with Crippen LogP contribution in [0, 0.1) is 11.3 Å². The highest BCUT2D eigenvalue weighted by atomic mass is 35.5. The predicted octanol–water partition coefficient (Wildman–Crippen LogP) is 3.46. The molecule has 1 aromatic carbocycles. The van der Waals surface area contributed by atoms with Gasteiger partial charge in [0.05, 0.1) is 23.8 Å². The van der Waals surface area contributed by atoms with Crippen LogP contribution in [0.2, 0.25) is 10.0 Å². The fraction of sp³-hybridized carbons (Fsp3) is 0.0833. The highest BCUT2D eigenvalue weighted by Crippen LogP contribution is 2.35. The number of hydrogen-bond acceptors (Lipinski definition) is 5. The second-order valence-electron chi connectivity index (χ2n) is 3.36. The minimum absolute atomic E-state index is 0.125. The fourth-order valence-electron chi connectivity index (χ4n) is 1.31. The number of nitriles is 1. The predicted molar refractivity (Wildman–Crippen MR) is 69.8 cm³/mol. The molecule has 0 saturated carbocycles. The van der Waals surface area contributed by atoms with E-state index in [-0.39, 0.29) is 21.8 Å². The van der Waals surface area contributed by atoms with Crippen LogP contribution in [-0.2, 0) is 0 Å². The Balaban J connectivity index is 2.34. The van der Waals surface area contributed by atoms with E-state index in [9.17, 15) is 0 Å². The summed E-state index contributed by atoms with van der Waals surface area (Å²) in [6, 6.07) is 6.60. The van der Waals surface area contributed by atoms with Crippen LogP contribution < -0.4 is 9.47 Å². The van der Waals surface area contributed by atoms with E-state index in [0.29, 0.717) is 11.3 Å². The van der Waals surface area contributed by atoms with Gasteiger partial charge in [0.2, 0.25) is 11.8 Å². The molecule has 0 spiro atoms. The first-order valence-electron chi connectivity index (χ1n) is 5.07. The summed E-state index contributed by atoms with van der Waals surface area (Å²) in [5.74, 6) is 0.667. The molecule has 96 valence electrons. The Hall–Kier alpha value is -2.03. The summed E-state index contributed by atoms with van der Waals surface area (Å²) >= 11 is 12.0. The van der Waals surface area contributed by atoms with E-state index in [0.717, 1.165) is 0 Å². The van der Waals surface area contributed by atoms with Gasteiger partial charge in [0.15, 0.2) is 5.02 Å². The molecule has 0 aliphatic carbocycles. The Labute approximate surface area is 119 Å². The van der Waals surface area contributed by atoms with Crippen molar-refractivity contribution < 1.29 is 9.47 Å². The van der Waals surface area contributed by atoms with E-state index in [1.165, 1.54) is 19.5 Å². The van der Waals surface area contributed by atoms with Gasteiger partial charge in [0, 0.05) is 0 Å². The monoisotopic (exact) mass is 295 g/mol. The van der Waals surface area contributed by atoms with E-state index in [4.69, 9.17) is 37.9 Å². The number of methoxy groups -OCH3 is 1. The first-order chi connectivity index (χ1) is 9.15. The minimum Gasteiger partial charge on any atom is -0.480 e. The van der Waals surface area contributed by atoms with Crippen molar-refractivity contribution in [2.24, 2.45) is 0 Å². The van der Waals surface area contributed by atoms with Crippen LogP contribution in [0.4, 0.5) is 0 Å². The normalized spacial score (nSPS) is 9.79. The molecular weight excluding hydrogens is 289 g/mol. The summed E-state index contributed by atoms with van der Waals surface area (Å²) in [5, 5.41) is 9.18. The quantitative estimate of drug-likeness (QED) is 0.867. The highest BCUT2D eigenvalue weighted by molar-refractivity contribution is 6.33. The number of halogens is 2. The smallest absolute Gasteiger partial charge is 0.245 e. The molecule has 0 aliphatic rings. The molecular formula is C12H7Cl2N3O2. The van der Waals surface area contributed by atoms with Crippen molar-refractivity contribution in [1.82, 2.24) is 9.97 Å². The summed E-state index contributed by atoms with van der Waals surface area (Å²) in [5.41, 5.74) is 0.434. The second kappa shape index (κ2) is 5.74. The third kappa shape index (κ3) is 2.87. The zero-order valence-electron chi connectivity index (χ0n) is 9.72. The third-order valence-electron chi connectivity index (χ3n) is 2.19. The molecule has 0 aliphatic heterocycles. The van der Waals surface area contributed by atoms with Gasteiger partial charge in [0.25, 0.3) is 0 Å². The summed E-state index contributed by atoms with van der Waals surface area (Å²) < 4.78 is 10.4. The van der Waals surface area contributed by atoms with Crippen molar-refractivity contribution in [3.05, 3.63) is 40.1 Å². The standard InChI is InChI=1S/C12H7Cl2N3O2/c1-18-11-10(14)12(17-6-16-11)19-9-3-2-7(5-15)4-8(9)13/h2-4,6H,1H3. The van der Waals surface area contributed by atoms with Crippen molar-refractivity contribution >= 4 is 23.2 Å². The van der Waals surface area contributed by atoms with Crippen LogP contribution in [0.1, 0.15) is 5.56 Å². The SMILES string of the molecule is COc1ncnc(Oc2ccc(C#N)cc2Cl)c1Cl. The number of nitrogens with zero attached hydrogens (tertiary/aromatic N) is 3. The van der Waals surface area contributed by atoms with Crippen LogP contribution in [-0.4, -0.2) is 17.1 Å². The number of benzene rings is 1. The molecule has 1 heterocycles. The number of aromatic nitrogens is 2. The maximum Gasteiger partial charge on any atom is 0.245 e. The van der Waals surface area contributed by atoms with Gasteiger partial charge in [-0.25, -0.2) is 4.98 Å². The maximum absolute atomic E-state index is 8.75. The second-order valence-corrected chi connectivity index (χ2v) is 4.15.